The third-order valence-corrected chi connectivity index (χ3v) is 4.07. The molecule has 0 spiro atoms. The van der Waals surface area contributed by atoms with Gasteiger partial charge in [0, 0.05) is 5.56 Å². The number of hydrogen-bond acceptors (Lipinski definition) is 2. The summed E-state index contributed by atoms with van der Waals surface area (Å²) in [5.74, 6) is -0.209. The molecule has 2 rings (SSSR count). The Morgan fingerprint density at radius 3 is 2.56 bits per heavy atom. The number of halogens is 1. The topological polar surface area (TPSA) is 29.5 Å². The fourth-order valence-corrected chi connectivity index (χ4v) is 3.34. The van der Waals surface area contributed by atoms with Crippen molar-refractivity contribution in [2.75, 3.05) is 7.11 Å². The summed E-state index contributed by atoms with van der Waals surface area (Å²) >= 11 is 0. The summed E-state index contributed by atoms with van der Waals surface area (Å²) < 4.78 is 19.3. The number of hydrogen-bond donors (Lipinski definition) is 1. The predicted molar refractivity (Wildman–Crippen MR) is 69.0 cm³/mol. The third-order valence-electron chi connectivity index (χ3n) is 4.07. The minimum Gasteiger partial charge on any atom is -0.494 e. The quantitative estimate of drug-likeness (QED) is 0.873. The van der Waals surface area contributed by atoms with Gasteiger partial charge in [0.1, 0.15) is 0 Å². The maximum Gasteiger partial charge on any atom is 0.171 e. The smallest absolute Gasteiger partial charge is 0.171 e. The molecule has 2 unspecified atom stereocenters. The van der Waals surface area contributed by atoms with Gasteiger partial charge in [0.05, 0.1) is 12.7 Å². The second-order valence-corrected chi connectivity index (χ2v) is 6.19. The molecule has 0 saturated heterocycles. The maximum atomic E-state index is 14.3. The maximum absolute atomic E-state index is 14.3. The van der Waals surface area contributed by atoms with Crippen molar-refractivity contribution >= 4 is 0 Å². The van der Waals surface area contributed by atoms with Crippen LogP contribution in [0.15, 0.2) is 18.2 Å². The average Bonchev–Trinajstić information content (AvgIpc) is 2.48. The Bertz CT molecular complexity index is 456. The summed E-state index contributed by atoms with van der Waals surface area (Å²) in [6.07, 6.45) is 1.46. The van der Waals surface area contributed by atoms with Gasteiger partial charge < -0.3 is 9.84 Å². The van der Waals surface area contributed by atoms with Crippen LogP contribution in [-0.2, 0) is 5.60 Å². The number of benzene rings is 1. The van der Waals surface area contributed by atoms with Crippen LogP contribution in [0.3, 0.4) is 0 Å². The molecule has 0 radical (unpaired) electrons. The van der Waals surface area contributed by atoms with Crippen molar-refractivity contribution in [2.45, 2.75) is 39.2 Å². The van der Waals surface area contributed by atoms with Gasteiger partial charge in [-0.1, -0.05) is 32.9 Å². The zero-order valence-electron chi connectivity index (χ0n) is 11.5. The van der Waals surface area contributed by atoms with Crippen LogP contribution in [-0.4, -0.2) is 12.2 Å². The van der Waals surface area contributed by atoms with Crippen LogP contribution < -0.4 is 4.74 Å². The molecule has 1 N–H and O–H groups in total. The van der Waals surface area contributed by atoms with Crippen LogP contribution in [0.5, 0.6) is 5.75 Å². The second-order valence-electron chi connectivity index (χ2n) is 6.19. The molecule has 18 heavy (non-hydrogen) atoms. The van der Waals surface area contributed by atoms with Crippen molar-refractivity contribution in [3.8, 4) is 5.75 Å². The van der Waals surface area contributed by atoms with Crippen LogP contribution in [0, 0.1) is 17.2 Å². The lowest BCUT2D eigenvalue weighted by Gasteiger charge is -2.29. The average molecular weight is 252 g/mol. The van der Waals surface area contributed by atoms with Crippen LogP contribution in [0.2, 0.25) is 0 Å². The summed E-state index contributed by atoms with van der Waals surface area (Å²) in [7, 11) is 1.44. The van der Waals surface area contributed by atoms with E-state index in [1.807, 2.05) is 6.92 Å². The van der Waals surface area contributed by atoms with E-state index in [1.165, 1.54) is 7.11 Å². The van der Waals surface area contributed by atoms with E-state index in [0.29, 0.717) is 12.0 Å². The first-order valence-electron chi connectivity index (χ1n) is 6.35. The van der Waals surface area contributed by atoms with E-state index in [4.69, 9.17) is 4.74 Å². The number of ether oxygens (including phenoxy) is 1. The van der Waals surface area contributed by atoms with Crippen molar-refractivity contribution in [1.82, 2.24) is 0 Å². The Labute approximate surface area is 108 Å². The van der Waals surface area contributed by atoms with Gasteiger partial charge in [-0.3, -0.25) is 0 Å². The van der Waals surface area contributed by atoms with E-state index >= 15 is 0 Å². The van der Waals surface area contributed by atoms with Gasteiger partial charge >= 0.3 is 0 Å². The Morgan fingerprint density at radius 2 is 2.06 bits per heavy atom. The Kier molecular flexibility index (Phi) is 3.14. The molecule has 0 bridgehead atoms. The minimum absolute atomic E-state index is 0.0314. The number of rotatable bonds is 2. The molecule has 2 nitrogen and oxygen atoms in total. The first kappa shape index (κ1) is 13.3. The number of aliphatic hydroxyl groups is 1. The zero-order chi connectivity index (χ0) is 13.6. The van der Waals surface area contributed by atoms with Crippen LogP contribution in [0.25, 0.3) is 0 Å². The van der Waals surface area contributed by atoms with Gasteiger partial charge in [0.2, 0.25) is 0 Å². The number of methoxy groups -OCH3 is 1. The largest absolute Gasteiger partial charge is 0.494 e. The van der Waals surface area contributed by atoms with E-state index in [9.17, 15) is 9.50 Å². The fraction of sp³-hybridized carbons (Fsp3) is 0.600. The van der Waals surface area contributed by atoms with E-state index in [1.54, 1.807) is 18.2 Å². The van der Waals surface area contributed by atoms with E-state index < -0.39 is 11.4 Å². The highest BCUT2D eigenvalue weighted by Crippen LogP contribution is 2.53. The molecule has 0 aliphatic heterocycles. The molecule has 100 valence electrons. The second kappa shape index (κ2) is 4.23. The van der Waals surface area contributed by atoms with Crippen molar-refractivity contribution in [3.63, 3.8) is 0 Å². The summed E-state index contributed by atoms with van der Waals surface area (Å²) in [4.78, 5) is 0. The molecule has 1 saturated carbocycles. The first-order valence-corrected chi connectivity index (χ1v) is 6.35. The monoisotopic (exact) mass is 252 g/mol. The highest BCUT2D eigenvalue weighted by Gasteiger charge is 2.49. The Morgan fingerprint density at radius 1 is 1.39 bits per heavy atom. The van der Waals surface area contributed by atoms with Gasteiger partial charge in [-0.05, 0) is 30.2 Å². The van der Waals surface area contributed by atoms with Crippen molar-refractivity contribution < 1.29 is 14.2 Å². The minimum atomic E-state index is -1.10. The Hall–Kier alpha value is -1.09. The van der Waals surface area contributed by atoms with Crippen LogP contribution in [0.4, 0.5) is 4.39 Å². The van der Waals surface area contributed by atoms with Crippen molar-refractivity contribution in [2.24, 2.45) is 11.3 Å². The van der Waals surface area contributed by atoms with Crippen LogP contribution in [0.1, 0.15) is 39.2 Å². The van der Waals surface area contributed by atoms with E-state index in [2.05, 4.69) is 13.8 Å². The molecule has 3 heteroatoms. The molecule has 1 fully saturated rings. The van der Waals surface area contributed by atoms with Crippen LogP contribution >= 0.6 is 0 Å². The van der Waals surface area contributed by atoms with Gasteiger partial charge in [0.15, 0.2) is 11.6 Å². The molecular formula is C15H21FO2. The molecular weight excluding hydrogens is 231 g/mol. The molecule has 1 aliphatic rings. The zero-order valence-corrected chi connectivity index (χ0v) is 11.5. The molecule has 0 heterocycles. The molecule has 0 amide bonds. The van der Waals surface area contributed by atoms with Gasteiger partial charge in [-0.15, -0.1) is 0 Å². The molecule has 0 aromatic heterocycles. The highest BCUT2D eigenvalue weighted by molar-refractivity contribution is 5.36. The van der Waals surface area contributed by atoms with Gasteiger partial charge in [-0.25, -0.2) is 4.39 Å². The molecule has 2 atom stereocenters. The summed E-state index contributed by atoms with van der Waals surface area (Å²) in [5, 5.41) is 10.9. The SMILES string of the molecule is COc1cccc(C2(O)CC(C)(C)CC2C)c1F. The lowest BCUT2D eigenvalue weighted by Crippen LogP contribution is -2.30. The normalized spacial score (nSPS) is 30.4. The van der Waals surface area contributed by atoms with Gasteiger partial charge in [-0.2, -0.15) is 0 Å². The van der Waals surface area contributed by atoms with E-state index in [-0.39, 0.29) is 17.1 Å². The third kappa shape index (κ3) is 2.01. The Balaban J connectivity index is 2.48. The first-order chi connectivity index (χ1) is 8.30. The molecule has 1 aromatic carbocycles. The highest BCUT2D eigenvalue weighted by atomic mass is 19.1. The fourth-order valence-electron chi connectivity index (χ4n) is 3.34. The molecule has 1 aliphatic carbocycles. The predicted octanol–water partition coefficient (Wildman–Crippen LogP) is 3.48. The van der Waals surface area contributed by atoms with E-state index in [0.717, 1.165) is 6.42 Å². The summed E-state index contributed by atoms with van der Waals surface area (Å²) in [5.41, 5.74) is -0.703. The standard InChI is InChI=1S/C15H21FO2/c1-10-8-14(2,3)9-15(10,17)11-6-5-7-12(18-4)13(11)16/h5-7,10,17H,8-9H2,1-4H3. The molecule has 1 aromatic rings. The summed E-state index contributed by atoms with van der Waals surface area (Å²) in [6.45, 7) is 6.20. The summed E-state index contributed by atoms with van der Waals surface area (Å²) in [6, 6.07) is 4.97. The lowest BCUT2D eigenvalue weighted by atomic mass is 9.83. The van der Waals surface area contributed by atoms with Crippen molar-refractivity contribution in [1.29, 1.82) is 0 Å². The lowest BCUT2D eigenvalue weighted by molar-refractivity contribution is -0.00441. The van der Waals surface area contributed by atoms with Gasteiger partial charge in [0.25, 0.3) is 0 Å². The van der Waals surface area contributed by atoms with Crippen molar-refractivity contribution in [3.05, 3.63) is 29.6 Å².